The number of anilines is 1. The summed E-state index contributed by atoms with van der Waals surface area (Å²) in [7, 11) is -5.89. The lowest BCUT2D eigenvalue weighted by Crippen LogP contribution is -2.55. The highest BCUT2D eigenvalue weighted by Gasteiger charge is 2.50. The summed E-state index contributed by atoms with van der Waals surface area (Å²) in [5.74, 6) is 4.13. The first-order chi connectivity index (χ1) is 29.8. The normalized spacial score (nSPS) is 15.7. The molecule has 6 rings (SSSR count). The number of rotatable bonds is 18. The van der Waals surface area contributed by atoms with Crippen LogP contribution in [0.15, 0.2) is 133 Å². The maximum Gasteiger partial charge on any atom is 0.534 e. The summed E-state index contributed by atoms with van der Waals surface area (Å²) in [5.41, 5.74) is 0.106. The Morgan fingerprint density at radius 1 is 0.855 bits per heavy atom. The second-order valence-electron chi connectivity index (χ2n) is 14.7. The molecule has 0 saturated carbocycles. The average molecular weight is 868 g/mol. The third-order valence-corrected chi connectivity index (χ3v) is 11.2. The van der Waals surface area contributed by atoms with Gasteiger partial charge in [-0.1, -0.05) is 109 Å². The van der Waals surface area contributed by atoms with Gasteiger partial charge in [-0.3, -0.25) is 9.59 Å². The first-order valence-electron chi connectivity index (χ1n) is 20.1. The van der Waals surface area contributed by atoms with Gasteiger partial charge in [0.25, 0.3) is 0 Å². The number of benzene rings is 5. The summed E-state index contributed by atoms with van der Waals surface area (Å²) in [6, 6.07) is 35.5. The summed E-state index contributed by atoms with van der Waals surface area (Å²) < 4.78 is 91.2. The van der Waals surface area contributed by atoms with Gasteiger partial charge in [0.05, 0.1) is 18.6 Å². The van der Waals surface area contributed by atoms with Gasteiger partial charge >= 0.3 is 21.6 Å². The molecular weight excluding hydrogens is 823 g/mol. The van der Waals surface area contributed by atoms with Crippen LogP contribution >= 0.6 is 0 Å². The summed E-state index contributed by atoms with van der Waals surface area (Å²) in [4.78, 5) is 27.3. The van der Waals surface area contributed by atoms with Crippen molar-refractivity contribution in [1.82, 2.24) is 0 Å². The molecule has 1 heterocycles. The van der Waals surface area contributed by atoms with Crippen LogP contribution in [0.3, 0.4) is 0 Å². The van der Waals surface area contributed by atoms with Crippen molar-refractivity contribution >= 4 is 33.8 Å². The molecule has 0 radical (unpaired) electrons. The lowest BCUT2D eigenvalue weighted by atomic mass is 9.78. The number of carbonyl (C=O) groups excluding carboxylic acids is 2. The summed E-state index contributed by atoms with van der Waals surface area (Å²) in [6.07, 6.45) is 7.08. The highest BCUT2D eigenvalue weighted by Crippen LogP contribution is 2.47. The second kappa shape index (κ2) is 21.0. The Labute approximate surface area is 359 Å². The fraction of sp³-hybridized carbons (Fsp3) is 0.265. The molecule has 1 aliphatic rings. The van der Waals surface area contributed by atoms with Crippen LogP contribution in [-0.4, -0.2) is 32.4 Å². The Morgan fingerprint density at radius 3 is 2.24 bits per heavy atom. The van der Waals surface area contributed by atoms with Crippen LogP contribution in [0.1, 0.15) is 84.6 Å². The van der Waals surface area contributed by atoms with E-state index in [1.54, 1.807) is 0 Å². The van der Waals surface area contributed by atoms with E-state index in [9.17, 15) is 35.6 Å². The van der Waals surface area contributed by atoms with Crippen molar-refractivity contribution in [2.45, 2.75) is 69.7 Å². The number of alkyl halides is 3. The Kier molecular flexibility index (Phi) is 15.4. The minimum Gasteiger partial charge on any atom is -0.458 e. The van der Waals surface area contributed by atoms with Gasteiger partial charge in [0.1, 0.15) is 17.7 Å². The van der Waals surface area contributed by atoms with Crippen LogP contribution in [-0.2, 0) is 42.2 Å². The van der Waals surface area contributed by atoms with Crippen LogP contribution in [0, 0.1) is 23.6 Å². The maximum absolute atomic E-state index is 13.8. The van der Waals surface area contributed by atoms with Crippen molar-refractivity contribution in [2.75, 3.05) is 11.5 Å². The second-order valence-corrected chi connectivity index (χ2v) is 16.2. The third-order valence-electron chi connectivity index (χ3n) is 10.2. The molecule has 5 aromatic carbocycles. The number of hydrogen-bond acceptors (Lipinski definition) is 7. The van der Waals surface area contributed by atoms with Crippen LogP contribution in [0.25, 0.3) is 6.08 Å². The summed E-state index contributed by atoms with van der Waals surface area (Å²) in [6.45, 7) is 2.55. The number of esters is 1. The zero-order valence-electron chi connectivity index (χ0n) is 33.9. The van der Waals surface area contributed by atoms with Gasteiger partial charge in [-0.2, -0.15) is 21.6 Å². The summed E-state index contributed by atoms with van der Waals surface area (Å²) >= 11 is 0. The predicted molar refractivity (Wildman–Crippen MR) is 228 cm³/mol. The zero-order valence-corrected chi connectivity index (χ0v) is 34.7. The van der Waals surface area contributed by atoms with Crippen molar-refractivity contribution in [3.05, 3.63) is 173 Å². The molecular formula is C49H45F4NO7S. The highest BCUT2D eigenvalue weighted by atomic mass is 32.2. The molecule has 1 amide bonds. The largest absolute Gasteiger partial charge is 0.534 e. The molecule has 1 saturated heterocycles. The first kappa shape index (κ1) is 45.3. The van der Waals surface area contributed by atoms with Gasteiger partial charge in [0.15, 0.2) is 0 Å². The van der Waals surface area contributed by atoms with Crippen LogP contribution < -0.4 is 9.08 Å². The van der Waals surface area contributed by atoms with Gasteiger partial charge in [-0.05, 0) is 102 Å². The van der Waals surface area contributed by atoms with E-state index in [0.29, 0.717) is 30.9 Å². The Bertz CT molecular complexity index is 2480. The maximum atomic E-state index is 13.8. The van der Waals surface area contributed by atoms with E-state index in [0.717, 1.165) is 59.2 Å². The zero-order chi connectivity index (χ0) is 44.1. The van der Waals surface area contributed by atoms with Gasteiger partial charge in [0, 0.05) is 31.2 Å². The molecule has 0 aliphatic carbocycles. The number of β-lactam (4-membered cyclic amide) rings is 1. The molecule has 1 aliphatic heterocycles. The summed E-state index contributed by atoms with van der Waals surface area (Å²) in [5, 5.41) is 0. The van der Waals surface area contributed by atoms with Crippen LogP contribution in [0.2, 0.25) is 0 Å². The van der Waals surface area contributed by atoms with E-state index < -0.39 is 51.2 Å². The van der Waals surface area contributed by atoms with E-state index in [4.69, 9.17) is 9.47 Å². The number of nitrogens with zero attached hydrogens (tertiary/aromatic N) is 1. The molecule has 13 heteroatoms. The number of halogens is 4. The minimum absolute atomic E-state index is 0.243. The SMILES string of the molecule is CC(=O)O[C@@H](CC[C@H]1C(=O)N(c2ccc(OS(=O)(=O)C(F)(F)F)cc2)[C@@H]1c1ccc(CC=Cc2ccccc2C#CCCCCOCc2ccccc2)cc1)c1ccc(F)cc1. The fourth-order valence-electron chi connectivity index (χ4n) is 7.11. The minimum atomic E-state index is -5.89. The fourth-order valence-corrected chi connectivity index (χ4v) is 7.57. The third kappa shape index (κ3) is 12.2. The van der Waals surface area contributed by atoms with Crippen molar-refractivity contribution in [3.8, 4) is 17.6 Å². The molecule has 0 spiro atoms. The molecule has 0 unspecified atom stereocenters. The van der Waals surface area contributed by atoms with E-state index in [2.05, 4.69) is 22.1 Å². The average Bonchev–Trinajstić information content (AvgIpc) is 3.25. The molecule has 1 fully saturated rings. The monoisotopic (exact) mass is 867 g/mol. The van der Waals surface area contributed by atoms with Crippen molar-refractivity contribution < 1.29 is 49.2 Å². The van der Waals surface area contributed by atoms with Crippen molar-refractivity contribution in [1.29, 1.82) is 0 Å². The topological polar surface area (TPSA) is 99.2 Å². The number of hydrogen-bond donors (Lipinski definition) is 0. The van der Waals surface area contributed by atoms with Gasteiger partial charge in [-0.25, -0.2) is 4.39 Å². The molecule has 322 valence electrons. The number of carbonyl (C=O) groups is 2. The lowest BCUT2D eigenvalue weighted by molar-refractivity contribution is -0.147. The first-order valence-corrected chi connectivity index (χ1v) is 21.5. The molecule has 3 atom stereocenters. The number of amides is 1. The van der Waals surface area contributed by atoms with E-state index >= 15 is 0 Å². The Balaban J connectivity index is 1.12. The Hall–Kier alpha value is -6.23. The van der Waals surface area contributed by atoms with E-state index in [1.165, 1.54) is 48.2 Å². The molecule has 0 N–H and O–H groups in total. The molecule has 62 heavy (non-hydrogen) atoms. The smallest absolute Gasteiger partial charge is 0.458 e. The van der Waals surface area contributed by atoms with E-state index in [1.807, 2.05) is 84.9 Å². The quantitative estimate of drug-likeness (QED) is 0.0164. The Morgan fingerprint density at radius 2 is 1.55 bits per heavy atom. The van der Waals surface area contributed by atoms with Crippen LogP contribution in [0.4, 0.5) is 23.2 Å². The standard InChI is InChI=1S/C49H45F4NO7S/c1-35(55)60-46(40-23-25-42(50)26-24-40)32-31-45-47(54(48(45)56)43-27-29-44(30-28-43)61-62(57,58)49(51,52)53)41-21-19-36(20-22-41)14-11-18-39-17-9-8-16-38(39)15-7-2-3-10-33-59-34-37-12-5-4-6-13-37/h4-6,8-9,11-13,16-30,45-47H,2-3,10,14,31-34H2,1H3/t45-,46+,47-/m1/s1. The highest BCUT2D eigenvalue weighted by molar-refractivity contribution is 7.88. The molecule has 5 aromatic rings. The van der Waals surface area contributed by atoms with Crippen molar-refractivity contribution in [2.24, 2.45) is 5.92 Å². The number of ether oxygens (including phenoxy) is 2. The van der Waals surface area contributed by atoms with E-state index in [-0.39, 0.29) is 18.7 Å². The molecule has 0 bridgehead atoms. The van der Waals surface area contributed by atoms with Crippen LogP contribution in [0.5, 0.6) is 5.75 Å². The molecule has 8 nitrogen and oxygen atoms in total. The molecule has 0 aromatic heterocycles. The lowest BCUT2D eigenvalue weighted by Gasteiger charge is -2.48. The predicted octanol–water partition coefficient (Wildman–Crippen LogP) is 10.8. The number of unbranched alkanes of at least 4 members (excludes halogenated alkanes) is 2. The van der Waals surface area contributed by atoms with Gasteiger partial charge in [-0.15, -0.1) is 0 Å². The number of allylic oxidation sites excluding steroid dienone is 1. The van der Waals surface area contributed by atoms with Crippen molar-refractivity contribution in [3.63, 3.8) is 0 Å². The van der Waals surface area contributed by atoms with Gasteiger partial charge in [0.2, 0.25) is 5.91 Å². The van der Waals surface area contributed by atoms with Gasteiger partial charge < -0.3 is 18.6 Å².